The summed E-state index contributed by atoms with van der Waals surface area (Å²) in [4.78, 5) is 32.3. The molecule has 0 atom stereocenters. The van der Waals surface area contributed by atoms with Crippen LogP contribution in [-0.4, -0.2) is 31.7 Å². The Balaban J connectivity index is 1.83. The first-order chi connectivity index (χ1) is 16.2. The fourth-order valence-corrected chi connectivity index (χ4v) is 3.69. The topological polar surface area (TPSA) is 92.4 Å². The Hall–Kier alpha value is -3.92. The van der Waals surface area contributed by atoms with E-state index < -0.39 is 17.6 Å². The number of imidazole rings is 1. The maximum atomic E-state index is 13.0. The molecule has 0 aliphatic carbocycles. The highest BCUT2D eigenvalue weighted by molar-refractivity contribution is 5.95. The second-order valence-corrected chi connectivity index (χ2v) is 7.74. The lowest BCUT2D eigenvalue weighted by molar-refractivity contribution is -0.137. The van der Waals surface area contributed by atoms with Crippen LogP contribution >= 0.6 is 0 Å². The van der Waals surface area contributed by atoms with Gasteiger partial charge in [-0.25, -0.2) is 0 Å². The number of carbonyl (C=O) groups excluding carboxylic acids is 1. The number of H-pyrrole nitrogens is 1. The molecule has 4 rings (SSSR count). The zero-order valence-electron chi connectivity index (χ0n) is 18.1. The molecule has 0 spiro atoms. The highest BCUT2D eigenvalue weighted by atomic mass is 19.4. The maximum absolute atomic E-state index is 13.0. The van der Waals surface area contributed by atoms with Crippen molar-refractivity contribution in [3.8, 4) is 11.1 Å². The van der Waals surface area contributed by atoms with Crippen LogP contribution in [0.3, 0.4) is 0 Å². The molecule has 0 aliphatic rings. The highest BCUT2D eigenvalue weighted by Gasteiger charge is 2.30. The van der Waals surface area contributed by atoms with E-state index in [9.17, 15) is 27.9 Å². The summed E-state index contributed by atoms with van der Waals surface area (Å²) in [5.41, 5.74) is 1.21. The van der Waals surface area contributed by atoms with E-state index >= 15 is 0 Å². The number of aliphatic hydroxyl groups excluding tert-OH is 1. The minimum absolute atomic E-state index is 0.0984. The summed E-state index contributed by atoms with van der Waals surface area (Å²) in [6.45, 7) is 0.219. The molecule has 0 saturated heterocycles. The van der Waals surface area contributed by atoms with Gasteiger partial charge in [0.05, 0.1) is 16.6 Å². The first-order valence-corrected chi connectivity index (χ1v) is 10.4. The van der Waals surface area contributed by atoms with E-state index in [2.05, 4.69) is 9.98 Å². The number of nitrogens with one attached hydrogen (secondary N) is 1. The zero-order valence-corrected chi connectivity index (χ0v) is 18.1. The van der Waals surface area contributed by atoms with Gasteiger partial charge in [-0.1, -0.05) is 12.1 Å². The van der Waals surface area contributed by atoms with Crippen LogP contribution in [0.4, 0.5) is 13.2 Å². The molecule has 0 fully saturated rings. The summed E-state index contributed by atoms with van der Waals surface area (Å²) in [5.74, 6) is -0.840. The number of alkyl halides is 3. The van der Waals surface area contributed by atoms with Crippen LogP contribution < -0.4 is 11.2 Å². The molecule has 2 aromatic heterocycles. The van der Waals surface area contributed by atoms with Crippen LogP contribution in [0, 0.1) is 0 Å². The average molecular weight is 470 g/mol. The summed E-state index contributed by atoms with van der Waals surface area (Å²) in [5, 5.41) is 9.28. The van der Waals surface area contributed by atoms with Gasteiger partial charge in [-0.15, -0.1) is 0 Å². The lowest BCUT2D eigenvalue weighted by Crippen LogP contribution is -2.21. The molecule has 0 bridgehead atoms. The van der Waals surface area contributed by atoms with Gasteiger partial charge in [-0.3, -0.25) is 9.59 Å². The third kappa shape index (κ3) is 4.58. The van der Waals surface area contributed by atoms with Crippen molar-refractivity contribution < 1.29 is 23.1 Å². The van der Waals surface area contributed by atoms with E-state index in [1.807, 2.05) is 0 Å². The predicted molar refractivity (Wildman–Crippen MR) is 120 cm³/mol. The van der Waals surface area contributed by atoms with E-state index in [1.54, 1.807) is 48.1 Å². The van der Waals surface area contributed by atoms with Gasteiger partial charge in [0, 0.05) is 37.5 Å². The highest BCUT2D eigenvalue weighted by Crippen LogP contribution is 2.29. The van der Waals surface area contributed by atoms with Gasteiger partial charge in [0.25, 0.3) is 11.5 Å². The molecule has 0 aliphatic heterocycles. The van der Waals surface area contributed by atoms with Crippen molar-refractivity contribution in [1.82, 2.24) is 14.1 Å². The number of nitrogens with zero attached hydrogens (tertiary/aromatic N) is 3. The summed E-state index contributed by atoms with van der Waals surface area (Å²) in [6.07, 6.45) is -2.56. The van der Waals surface area contributed by atoms with E-state index in [-0.39, 0.29) is 23.3 Å². The number of halogens is 3. The summed E-state index contributed by atoms with van der Waals surface area (Å²) >= 11 is 0. The normalized spacial score (nSPS) is 12.4. The van der Waals surface area contributed by atoms with E-state index in [4.69, 9.17) is 0 Å². The lowest BCUT2D eigenvalue weighted by Gasteiger charge is -2.07. The predicted octanol–water partition coefficient (Wildman–Crippen LogP) is 3.48. The molecule has 7 nitrogen and oxygen atoms in total. The molecule has 2 N–H and O–H groups in total. The second-order valence-electron chi connectivity index (χ2n) is 7.74. The molecule has 0 saturated carbocycles. The van der Waals surface area contributed by atoms with Crippen LogP contribution in [-0.2, 0) is 19.8 Å². The Labute approximate surface area is 191 Å². The fourth-order valence-electron chi connectivity index (χ4n) is 3.69. The zero-order chi connectivity index (χ0) is 24.5. The van der Waals surface area contributed by atoms with Crippen LogP contribution in [0.1, 0.15) is 22.3 Å². The largest absolute Gasteiger partial charge is 0.416 e. The minimum atomic E-state index is -4.58. The summed E-state index contributed by atoms with van der Waals surface area (Å²) in [6, 6.07) is 12.8. The van der Waals surface area contributed by atoms with Crippen molar-refractivity contribution in [3.63, 3.8) is 0 Å². The number of fused-ring (bicyclic) bond motifs is 1. The van der Waals surface area contributed by atoms with Gasteiger partial charge >= 0.3 is 6.18 Å². The van der Waals surface area contributed by atoms with Gasteiger partial charge in [-0.05, 0) is 54.4 Å². The SMILES string of the molecule is Cn1cccc(-c2ccc3c(c2)[nH]/c(=N\C(=O)c2cccc(C(F)(F)F)c2)n3CCCO)c1=O. The Morgan fingerprint density at radius 1 is 1.12 bits per heavy atom. The number of rotatable bonds is 5. The van der Waals surface area contributed by atoms with Crippen LogP contribution in [0.5, 0.6) is 0 Å². The average Bonchev–Trinajstić information content (AvgIpc) is 3.14. The van der Waals surface area contributed by atoms with Gasteiger partial charge in [-0.2, -0.15) is 18.2 Å². The van der Waals surface area contributed by atoms with Gasteiger partial charge in [0.15, 0.2) is 0 Å². The number of aryl methyl sites for hydroxylation is 2. The Morgan fingerprint density at radius 3 is 2.65 bits per heavy atom. The van der Waals surface area contributed by atoms with Crippen molar-refractivity contribution in [1.29, 1.82) is 0 Å². The molecular weight excluding hydrogens is 449 g/mol. The Kier molecular flexibility index (Phi) is 6.25. The van der Waals surface area contributed by atoms with Crippen molar-refractivity contribution >= 4 is 16.9 Å². The van der Waals surface area contributed by atoms with Gasteiger partial charge in [0.1, 0.15) is 0 Å². The standard InChI is InChI=1S/C24H21F3N4O3/c1-30-10-3-7-18(22(30)34)15-8-9-20-19(14-15)28-23(31(20)11-4-12-32)29-21(33)16-5-2-6-17(13-16)24(25,26)27/h2-3,5-10,13-14,32H,4,11-12H2,1H3,(H,28,29,33). The van der Waals surface area contributed by atoms with E-state index in [0.717, 1.165) is 18.2 Å². The van der Waals surface area contributed by atoms with Crippen LogP contribution in [0.2, 0.25) is 0 Å². The number of hydrogen-bond acceptors (Lipinski definition) is 3. The number of amides is 1. The number of carbonyl (C=O) groups is 1. The molecule has 34 heavy (non-hydrogen) atoms. The quantitative estimate of drug-likeness (QED) is 0.468. The Bertz CT molecular complexity index is 1500. The number of pyridine rings is 1. The Morgan fingerprint density at radius 2 is 1.91 bits per heavy atom. The summed E-state index contributed by atoms with van der Waals surface area (Å²) < 4.78 is 42.2. The molecule has 2 aromatic carbocycles. The first kappa shape index (κ1) is 23.2. The third-order valence-corrected chi connectivity index (χ3v) is 5.41. The molecule has 0 radical (unpaired) electrons. The molecule has 4 aromatic rings. The number of benzene rings is 2. The minimum Gasteiger partial charge on any atom is -0.396 e. The second kappa shape index (κ2) is 9.14. The lowest BCUT2D eigenvalue weighted by atomic mass is 10.1. The molecule has 2 heterocycles. The monoisotopic (exact) mass is 470 g/mol. The molecular formula is C24H21F3N4O3. The molecule has 1 amide bonds. The number of aromatic amines is 1. The molecule has 176 valence electrons. The summed E-state index contributed by atoms with van der Waals surface area (Å²) in [7, 11) is 1.65. The molecule has 0 unspecified atom stereocenters. The van der Waals surface area contributed by atoms with Crippen molar-refractivity contribution in [2.75, 3.05) is 6.61 Å². The number of hydrogen-bond donors (Lipinski definition) is 2. The van der Waals surface area contributed by atoms with Crippen molar-refractivity contribution in [3.05, 3.63) is 87.9 Å². The van der Waals surface area contributed by atoms with Gasteiger partial charge in [0.2, 0.25) is 5.62 Å². The number of aliphatic hydroxyl groups is 1. The fraction of sp³-hybridized carbons (Fsp3) is 0.208. The maximum Gasteiger partial charge on any atom is 0.416 e. The van der Waals surface area contributed by atoms with Crippen LogP contribution in [0.25, 0.3) is 22.2 Å². The van der Waals surface area contributed by atoms with Crippen molar-refractivity contribution in [2.45, 2.75) is 19.1 Å². The first-order valence-electron chi connectivity index (χ1n) is 10.4. The smallest absolute Gasteiger partial charge is 0.396 e. The van der Waals surface area contributed by atoms with E-state index in [1.165, 1.54) is 10.6 Å². The number of aromatic nitrogens is 3. The molecule has 10 heteroatoms. The van der Waals surface area contributed by atoms with Crippen molar-refractivity contribution in [2.24, 2.45) is 12.0 Å². The third-order valence-electron chi connectivity index (χ3n) is 5.41. The van der Waals surface area contributed by atoms with Crippen LogP contribution in [0.15, 0.2) is 70.6 Å². The van der Waals surface area contributed by atoms with Gasteiger partial charge < -0.3 is 19.2 Å². The van der Waals surface area contributed by atoms with E-state index in [0.29, 0.717) is 35.1 Å².